The van der Waals surface area contributed by atoms with Crippen LogP contribution in [-0.2, 0) is 9.59 Å². The first-order valence-corrected chi connectivity index (χ1v) is 10.5. The Labute approximate surface area is 187 Å². The van der Waals surface area contributed by atoms with Gasteiger partial charge in [-0.1, -0.05) is 24.8 Å². The van der Waals surface area contributed by atoms with Crippen LogP contribution in [0.4, 0.5) is 10.8 Å². The Morgan fingerprint density at radius 1 is 1.19 bits per heavy atom. The number of benzene rings is 2. The molecule has 9 heteroatoms. The number of hydrogen-bond acceptors (Lipinski definition) is 7. The SMILES string of the molecule is C=CCOc1ccc(/C(O)=C2\C(=O)C(=O)N(c3nccs3)C2c2ccc([NH2+]O)cc2)cc1. The highest BCUT2D eigenvalue weighted by molar-refractivity contribution is 7.14. The van der Waals surface area contributed by atoms with Gasteiger partial charge in [0.05, 0.1) is 11.6 Å². The lowest BCUT2D eigenvalue weighted by Gasteiger charge is -2.23. The van der Waals surface area contributed by atoms with Gasteiger partial charge in [-0.25, -0.2) is 10.2 Å². The van der Waals surface area contributed by atoms with Crippen molar-refractivity contribution in [3.63, 3.8) is 0 Å². The van der Waals surface area contributed by atoms with Crippen LogP contribution in [-0.4, -0.2) is 33.6 Å². The van der Waals surface area contributed by atoms with Gasteiger partial charge in [-0.3, -0.25) is 14.5 Å². The van der Waals surface area contributed by atoms with Crippen molar-refractivity contribution in [2.45, 2.75) is 6.04 Å². The first-order chi connectivity index (χ1) is 15.5. The van der Waals surface area contributed by atoms with Crippen molar-refractivity contribution < 1.29 is 30.1 Å². The van der Waals surface area contributed by atoms with Crippen LogP contribution >= 0.6 is 11.3 Å². The number of quaternary nitrogens is 1. The highest BCUT2D eigenvalue weighted by Gasteiger charge is 2.48. The maximum atomic E-state index is 13.0. The van der Waals surface area contributed by atoms with Crippen molar-refractivity contribution in [3.8, 4) is 5.75 Å². The molecule has 1 aromatic heterocycles. The fourth-order valence-electron chi connectivity index (χ4n) is 3.46. The second-order valence-electron chi connectivity index (χ2n) is 6.90. The number of hydrogen-bond donors (Lipinski definition) is 3. The second-order valence-corrected chi connectivity index (χ2v) is 7.78. The van der Waals surface area contributed by atoms with Crippen molar-refractivity contribution in [1.82, 2.24) is 4.98 Å². The van der Waals surface area contributed by atoms with Crippen molar-refractivity contribution in [2.24, 2.45) is 0 Å². The van der Waals surface area contributed by atoms with Gasteiger partial charge in [-0.2, -0.15) is 5.48 Å². The molecule has 0 bridgehead atoms. The molecular formula is C23H20N3O5S+. The quantitative estimate of drug-likeness (QED) is 0.127. The summed E-state index contributed by atoms with van der Waals surface area (Å²) < 4.78 is 5.46. The van der Waals surface area contributed by atoms with Crippen LogP contribution in [0.5, 0.6) is 5.75 Å². The predicted octanol–water partition coefficient (Wildman–Crippen LogP) is 2.92. The van der Waals surface area contributed by atoms with Crippen molar-refractivity contribution in [2.75, 3.05) is 11.5 Å². The number of amides is 1. The Hall–Kier alpha value is -3.79. The van der Waals surface area contributed by atoms with E-state index in [0.29, 0.717) is 34.3 Å². The fourth-order valence-corrected chi connectivity index (χ4v) is 4.13. The van der Waals surface area contributed by atoms with E-state index in [1.807, 2.05) is 0 Å². The zero-order valence-corrected chi connectivity index (χ0v) is 17.7. The Balaban J connectivity index is 1.82. The van der Waals surface area contributed by atoms with E-state index in [1.54, 1.807) is 66.2 Å². The third-order valence-electron chi connectivity index (χ3n) is 4.97. The third kappa shape index (κ3) is 3.92. The van der Waals surface area contributed by atoms with Crippen LogP contribution in [0, 0.1) is 0 Å². The fraction of sp³-hybridized carbons (Fsp3) is 0.0870. The molecule has 0 radical (unpaired) electrons. The first kappa shape index (κ1) is 21.4. The van der Waals surface area contributed by atoms with Crippen LogP contribution in [0.1, 0.15) is 17.2 Å². The number of anilines is 1. The number of nitrogens with two attached hydrogens (primary N) is 1. The van der Waals surface area contributed by atoms with Crippen LogP contribution in [0.25, 0.3) is 5.76 Å². The minimum atomic E-state index is -0.870. The van der Waals surface area contributed by atoms with E-state index in [4.69, 9.17) is 4.74 Å². The van der Waals surface area contributed by atoms with Crippen LogP contribution in [0.15, 0.2) is 78.3 Å². The molecule has 4 N–H and O–H groups in total. The van der Waals surface area contributed by atoms with Gasteiger partial charge >= 0.3 is 5.91 Å². The van der Waals surface area contributed by atoms with Crippen molar-refractivity contribution in [1.29, 1.82) is 0 Å². The molecule has 8 nitrogen and oxygen atoms in total. The van der Waals surface area contributed by atoms with Crippen LogP contribution in [0.3, 0.4) is 0 Å². The number of ketones is 1. The molecule has 1 aliphatic rings. The third-order valence-corrected chi connectivity index (χ3v) is 5.74. The van der Waals surface area contributed by atoms with E-state index in [-0.39, 0.29) is 11.3 Å². The summed E-state index contributed by atoms with van der Waals surface area (Å²) in [6, 6.07) is 12.4. The molecule has 0 spiro atoms. The molecule has 1 unspecified atom stereocenters. The van der Waals surface area contributed by atoms with Crippen molar-refractivity contribution in [3.05, 3.63) is 89.5 Å². The van der Waals surface area contributed by atoms with Gasteiger partial charge in [0.15, 0.2) is 10.8 Å². The van der Waals surface area contributed by atoms with Gasteiger partial charge in [0, 0.05) is 29.3 Å². The van der Waals surface area contributed by atoms with Gasteiger partial charge in [-0.15, -0.1) is 11.3 Å². The minimum absolute atomic E-state index is 0.0364. The minimum Gasteiger partial charge on any atom is -0.507 e. The van der Waals surface area contributed by atoms with Gasteiger partial charge in [0.25, 0.3) is 5.78 Å². The maximum absolute atomic E-state index is 13.0. The number of Topliss-reactive ketones (excluding diaryl/α,β-unsaturated/α-hetero) is 1. The molecule has 4 rings (SSSR count). The Morgan fingerprint density at radius 2 is 1.91 bits per heavy atom. The second kappa shape index (κ2) is 9.15. The molecular weight excluding hydrogens is 430 g/mol. The monoisotopic (exact) mass is 450 g/mol. The molecule has 0 saturated carbocycles. The molecule has 2 heterocycles. The summed E-state index contributed by atoms with van der Waals surface area (Å²) in [4.78, 5) is 31.5. The number of carbonyl (C=O) groups is 2. The molecule has 3 aromatic rings. The summed E-state index contributed by atoms with van der Waals surface area (Å²) in [7, 11) is 0. The van der Waals surface area contributed by atoms with Gasteiger partial charge in [0.1, 0.15) is 18.1 Å². The highest BCUT2D eigenvalue weighted by Crippen LogP contribution is 2.42. The van der Waals surface area contributed by atoms with Crippen LogP contribution in [0.2, 0.25) is 0 Å². The van der Waals surface area contributed by atoms with E-state index >= 15 is 0 Å². The summed E-state index contributed by atoms with van der Waals surface area (Å²) in [6.07, 6.45) is 3.16. The van der Waals surface area contributed by atoms with Crippen LogP contribution < -0.4 is 15.1 Å². The molecule has 32 heavy (non-hydrogen) atoms. The zero-order valence-electron chi connectivity index (χ0n) is 16.8. The van der Waals surface area contributed by atoms with E-state index in [9.17, 15) is 19.9 Å². The number of thiazole rings is 1. The zero-order chi connectivity index (χ0) is 22.7. The Bertz CT molecular complexity index is 1170. The first-order valence-electron chi connectivity index (χ1n) is 9.67. The van der Waals surface area contributed by atoms with E-state index < -0.39 is 17.7 Å². The normalized spacial score (nSPS) is 17.5. The Morgan fingerprint density at radius 3 is 2.50 bits per heavy atom. The van der Waals surface area contributed by atoms with Gasteiger partial charge in [-0.05, 0) is 29.8 Å². The molecule has 1 amide bonds. The van der Waals surface area contributed by atoms with Crippen molar-refractivity contribution >= 4 is 39.6 Å². The number of aliphatic hydroxyl groups is 1. The Kier molecular flexibility index (Phi) is 6.13. The number of aliphatic hydroxyl groups excluding tert-OH is 1. The molecule has 162 valence electrons. The average molecular weight is 450 g/mol. The number of ether oxygens (including phenoxy) is 1. The standard InChI is InChI=1S/C23H19N3O5S/c1-2-12-31-17-9-5-15(6-10-17)20(27)18-19(14-3-7-16(25-30)8-4-14)26(22(29)21(18)28)23-24-11-13-32-23/h2-11,13,19,25,27,30H,1,12H2/p+1/b20-18+. The summed E-state index contributed by atoms with van der Waals surface area (Å²) in [5.74, 6) is -1.28. The lowest BCUT2D eigenvalue weighted by Crippen LogP contribution is -2.73. The van der Waals surface area contributed by atoms with E-state index in [1.165, 1.54) is 16.2 Å². The predicted molar refractivity (Wildman–Crippen MR) is 119 cm³/mol. The molecule has 1 fully saturated rings. The van der Waals surface area contributed by atoms with E-state index in [0.717, 1.165) is 5.48 Å². The molecule has 1 aliphatic heterocycles. The lowest BCUT2D eigenvalue weighted by molar-refractivity contribution is -0.825. The number of aromatic nitrogens is 1. The van der Waals surface area contributed by atoms with Gasteiger partial charge < -0.3 is 9.84 Å². The number of rotatable bonds is 7. The highest BCUT2D eigenvalue weighted by atomic mass is 32.1. The topological polar surface area (TPSA) is 117 Å². The largest absolute Gasteiger partial charge is 0.507 e. The molecule has 1 atom stereocenters. The summed E-state index contributed by atoms with van der Waals surface area (Å²) >= 11 is 1.22. The molecule has 1 saturated heterocycles. The molecule has 0 aliphatic carbocycles. The van der Waals surface area contributed by atoms with Gasteiger partial charge in [0.2, 0.25) is 0 Å². The average Bonchev–Trinajstić information content (AvgIpc) is 3.44. The molecule has 2 aromatic carbocycles. The maximum Gasteiger partial charge on any atom is 0.301 e. The lowest BCUT2D eigenvalue weighted by atomic mass is 9.95. The summed E-state index contributed by atoms with van der Waals surface area (Å²) in [5, 5.41) is 22.4. The smallest absolute Gasteiger partial charge is 0.301 e. The summed E-state index contributed by atoms with van der Waals surface area (Å²) in [6.45, 7) is 3.94. The number of nitrogens with zero attached hydrogens (tertiary/aromatic N) is 2. The summed E-state index contributed by atoms with van der Waals surface area (Å²) in [5.41, 5.74) is 2.45. The van der Waals surface area contributed by atoms with E-state index in [2.05, 4.69) is 11.6 Å². The number of carbonyl (C=O) groups excluding carboxylic acids is 2.